The third kappa shape index (κ3) is 5.28. The van der Waals surface area contributed by atoms with Gasteiger partial charge in [0, 0.05) is 6.07 Å². The summed E-state index contributed by atoms with van der Waals surface area (Å²) in [6, 6.07) is 7.96. The standard InChI is InChI=1S/C28H34ClN3O5S/c1-3-22(32-38(36,37)20-6-4-16(2)5-7-20)26(34)30-23-12-25(33)24(11-21(23)29)31-27(35)28-13-17-8-18(14-28)10-19(9-17)15-28/h4-7,11-12,17-19,22,32-33H,3,8-10,13-15H2,1-2H3,(H,30,34)(H,31,35). The van der Waals surface area contributed by atoms with E-state index in [1.54, 1.807) is 19.1 Å². The third-order valence-electron chi connectivity index (χ3n) is 8.46. The molecular weight excluding hydrogens is 526 g/mol. The Kier molecular flexibility index (Phi) is 7.22. The minimum absolute atomic E-state index is 0.0594. The Hall–Kier alpha value is -2.62. The van der Waals surface area contributed by atoms with Gasteiger partial charge in [-0.25, -0.2) is 8.42 Å². The monoisotopic (exact) mass is 559 g/mol. The largest absolute Gasteiger partial charge is 0.506 e. The molecule has 4 bridgehead atoms. The van der Waals surface area contributed by atoms with Crippen LogP contribution in [0.2, 0.25) is 5.02 Å². The van der Waals surface area contributed by atoms with Crippen LogP contribution in [0.25, 0.3) is 0 Å². The van der Waals surface area contributed by atoms with Crippen LogP contribution < -0.4 is 15.4 Å². The lowest BCUT2D eigenvalue weighted by Gasteiger charge is -2.55. The summed E-state index contributed by atoms with van der Waals surface area (Å²) in [5.41, 5.74) is 0.848. The first kappa shape index (κ1) is 27.0. The molecule has 8 nitrogen and oxygen atoms in total. The zero-order chi connectivity index (χ0) is 27.2. The quantitative estimate of drug-likeness (QED) is 0.331. The Bertz CT molecular complexity index is 1320. The molecule has 0 aliphatic heterocycles. The summed E-state index contributed by atoms with van der Waals surface area (Å²) in [4.78, 5) is 26.4. The highest BCUT2D eigenvalue weighted by molar-refractivity contribution is 7.89. The van der Waals surface area contributed by atoms with Gasteiger partial charge in [-0.1, -0.05) is 36.2 Å². The molecule has 4 saturated carbocycles. The minimum Gasteiger partial charge on any atom is -0.506 e. The Morgan fingerprint density at radius 3 is 2.13 bits per heavy atom. The number of benzene rings is 2. The molecule has 0 radical (unpaired) electrons. The Balaban J connectivity index is 1.27. The van der Waals surface area contributed by atoms with Crippen molar-refractivity contribution >= 4 is 44.8 Å². The highest BCUT2D eigenvalue weighted by Gasteiger charge is 2.54. The van der Waals surface area contributed by atoms with Crippen LogP contribution in [-0.2, 0) is 19.6 Å². The number of sulfonamides is 1. The summed E-state index contributed by atoms with van der Waals surface area (Å²) < 4.78 is 28.0. The van der Waals surface area contributed by atoms with Gasteiger partial charge in [0.25, 0.3) is 0 Å². The molecule has 38 heavy (non-hydrogen) atoms. The van der Waals surface area contributed by atoms with Crippen LogP contribution in [0, 0.1) is 30.1 Å². The number of hydrogen-bond acceptors (Lipinski definition) is 5. The predicted molar refractivity (Wildman–Crippen MR) is 147 cm³/mol. The van der Waals surface area contributed by atoms with Crippen molar-refractivity contribution in [2.24, 2.45) is 23.2 Å². The lowest BCUT2D eigenvalue weighted by atomic mass is 9.49. The average Bonchev–Trinajstić information content (AvgIpc) is 2.85. The number of rotatable bonds is 8. The molecule has 2 aromatic rings. The number of carbonyl (C=O) groups is 2. The van der Waals surface area contributed by atoms with Crippen molar-refractivity contribution in [3.8, 4) is 5.75 Å². The first-order valence-corrected chi connectivity index (χ1v) is 15.1. The van der Waals surface area contributed by atoms with Gasteiger partial charge in [-0.3, -0.25) is 9.59 Å². The molecular formula is C28H34ClN3O5S. The highest BCUT2D eigenvalue weighted by Crippen LogP contribution is 2.60. The van der Waals surface area contributed by atoms with Crippen LogP contribution in [-0.4, -0.2) is 31.4 Å². The number of carbonyl (C=O) groups excluding carboxylic acids is 2. The lowest BCUT2D eigenvalue weighted by Crippen LogP contribution is -2.51. The molecule has 2 aromatic carbocycles. The number of anilines is 2. The van der Waals surface area contributed by atoms with Gasteiger partial charge in [-0.05, 0) is 87.8 Å². The highest BCUT2D eigenvalue weighted by atomic mass is 35.5. The summed E-state index contributed by atoms with van der Waals surface area (Å²) in [5.74, 6) is 0.910. The molecule has 0 aromatic heterocycles. The van der Waals surface area contributed by atoms with Crippen LogP contribution in [0.15, 0.2) is 41.3 Å². The number of halogens is 1. The van der Waals surface area contributed by atoms with E-state index in [1.165, 1.54) is 43.5 Å². The minimum atomic E-state index is -3.92. The molecule has 2 amide bonds. The molecule has 4 N–H and O–H groups in total. The number of hydrogen-bond donors (Lipinski definition) is 4. The summed E-state index contributed by atoms with van der Waals surface area (Å²) in [6.07, 6.45) is 6.53. The Labute approximate surface area is 228 Å². The zero-order valence-corrected chi connectivity index (χ0v) is 23.2. The number of amides is 2. The second kappa shape index (κ2) is 10.2. The van der Waals surface area contributed by atoms with Gasteiger partial charge in [0.15, 0.2) is 0 Å². The SMILES string of the molecule is CCC(NS(=O)(=O)c1ccc(C)cc1)C(=O)Nc1cc(O)c(NC(=O)C23CC4CC(CC(C4)C2)C3)cc1Cl. The van der Waals surface area contributed by atoms with E-state index in [1.807, 2.05) is 6.92 Å². The number of aromatic hydroxyl groups is 1. The second-order valence-electron chi connectivity index (χ2n) is 11.4. The van der Waals surface area contributed by atoms with Crippen molar-refractivity contribution in [2.75, 3.05) is 10.6 Å². The average molecular weight is 560 g/mol. The van der Waals surface area contributed by atoms with Crippen LogP contribution >= 0.6 is 11.6 Å². The van der Waals surface area contributed by atoms with E-state index in [0.717, 1.165) is 24.8 Å². The summed E-state index contributed by atoms with van der Waals surface area (Å²) in [7, 11) is -3.92. The summed E-state index contributed by atoms with van der Waals surface area (Å²) in [5, 5.41) is 16.3. The lowest BCUT2D eigenvalue weighted by molar-refractivity contribution is -0.140. The van der Waals surface area contributed by atoms with Crippen molar-refractivity contribution < 1.29 is 23.1 Å². The number of aryl methyl sites for hydroxylation is 1. The number of nitrogens with one attached hydrogen (secondary N) is 3. The maximum Gasteiger partial charge on any atom is 0.242 e. The topological polar surface area (TPSA) is 125 Å². The van der Waals surface area contributed by atoms with Crippen LogP contribution in [0.1, 0.15) is 57.4 Å². The fraction of sp³-hybridized carbons (Fsp3) is 0.500. The van der Waals surface area contributed by atoms with Crippen molar-refractivity contribution in [1.82, 2.24) is 4.72 Å². The summed E-state index contributed by atoms with van der Waals surface area (Å²) in [6.45, 7) is 3.54. The summed E-state index contributed by atoms with van der Waals surface area (Å²) >= 11 is 6.42. The van der Waals surface area contributed by atoms with Gasteiger partial charge in [0.1, 0.15) is 11.8 Å². The van der Waals surface area contributed by atoms with Crippen molar-refractivity contribution in [3.63, 3.8) is 0 Å². The maximum atomic E-state index is 13.4. The molecule has 1 unspecified atom stereocenters. The van der Waals surface area contributed by atoms with Gasteiger partial charge >= 0.3 is 0 Å². The molecule has 204 valence electrons. The van der Waals surface area contributed by atoms with E-state index in [0.29, 0.717) is 17.8 Å². The van der Waals surface area contributed by atoms with E-state index in [2.05, 4.69) is 15.4 Å². The Morgan fingerprint density at radius 1 is 1.00 bits per heavy atom. The third-order valence-corrected chi connectivity index (χ3v) is 10.3. The molecule has 10 heteroatoms. The van der Waals surface area contributed by atoms with Gasteiger partial charge in [-0.15, -0.1) is 0 Å². The molecule has 0 spiro atoms. The molecule has 0 heterocycles. The molecule has 4 aliphatic rings. The molecule has 4 aliphatic carbocycles. The van der Waals surface area contributed by atoms with Crippen LogP contribution in [0.3, 0.4) is 0 Å². The molecule has 4 fully saturated rings. The van der Waals surface area contributed by atoms with Gasteiger partial charge < -0.3 is 15.7 Å². The number of phenols is 1. The van der Waals surface area contributed by atoms with E-state index in [-0.39, 0.29) is 44.8 Å². The first-order chi connectivity index (χ1) is 18.0. The van der Waals surface area contributed by atoms with Crippen molar-refractivity contribution in [3.05, 3.63) is 47.0 Å². The fourth-order valence-electron chi connectivity index (χ4n) is 6.92. The zero-order valence-electron chi connectivity index (χ0n) is 21.6. The van der Waals surface area contributed by atoms with E-state index < -0.39 is 22.0 Å². The second-order valence-corrected chi connectivity index (χ2v) is 13.5. The van der Waals surface area contributed by atoms with E-state index in [9.17, 15) is 23.1 Å². The normalized spacial score (nSPS) is 26.7. The van der Waals surface area contributed by atoms with Gasteiger partial charge in [0.2, 0.25) is 21.8 Å². The first-order valence-electron chi connectivity index (χ1n) is 13.2. The number of phenolic OH excluding ortho intramolecular Hbond substituents is 1. The van der Waals surface area contributed by atoms with Crippen LogP contribution in [0.4, 0.5) is 11.4 Å². The van der Waals surface area contributed by atoms with Gasteiger partial charge in [0.05, 0.1) is 26.7 Å². The van der Waals surface area contributed by atoms with Crippen molar-refractivity contribution in [2.45, 2.75) is 69.7 Å². The Morgan fingerprint density at radius 2 is 1.58 bits per heavy atom. The van der Waals surface area contributed by atoms with Crippen molar-refractivity contribution in [1.29, 1.82) is 0 Å². The predicted octanol–water partition coefficient (Wildman–Crippen LogP) is 5.20. The fourth-order valence-corrected chi connectivity index (χ4v) is 8.41. The van der Waals surface area contributed by atoms with E-state index in [4.69, 9.17) is 11.6 Å². The molecule has 6 rings (SSSR count). The molecule has 1 atom stereocenters. The maximum absolute atomic E-state index is 13.4. The smallest absolute Gasteiger partial charge is 0.242 e. The van der Waals surface area contributed by atoms with Gasteiger partial charge in [-0.2, -0.15) is 4.72 Å². The molecule has 0 saturated heterocycles. The van der Waals surface area contributed by atoms with E-state index >= 15 is 0 Å². The van der Waals surface area contributed by atoms with Crippen LogP contribution in [0.5, 0.6) is 5.75 Å².